The van der Waals surface area contributed by atoms with Crippen LogP contribution in [0.5, 0.6) is 0 Å². The molecule has 2 N–H and O–H groups in total. The molecule has 21 heavy (non-hydrogen) atoms. The molecule has 1 aromatic carbocycles. The van der Waals surface area contributed by atoms with Gasteiger partial charge in [0.25, 0.3) is 5.91 Å². The van der Waals surface area contributed by atoms with Crippen LogP contribution < -0.4 is 5.32 Å². The molecule has 0 aliphatic carbocycles. The van der Waals surface area contributed by atoms with Crippen molar-refractivity contribution in [2.45, 2.75) is 24.3 Å². The number of carbonyl (C=O) groups is 1. The van der Waals surface area contributed by atoms with Crippen molar-refractivity contribution < 1.29 is 23.1 Å². The summed E-state index contributed by atoms with van der Waals surface area (Å²) in [5, 5.41) is 11.6. The van der Waals surface area contributed by atoms with Crippen molar-refractivity contribution in [3.63, 3.8) is 0 Å². The maximum Gasteiger partial charge on any atom is 0.252 e. The van der Waals surface area contributed by atoms with E-state index in [0.29, 0.717) is 6.42 Å². The molecule has 0 aromatic heterocycles. The number of aliphatic hydroxyl groups is 1. The molecule has 1 aromatic rings. The van der Waals surface area contributed by atoms with E-state index in [0.717, 1.165) is 0 Å². The van der Waals surface area contributed by atoms with Gasteiger partial charge in [-0.15, -0.1) is 0 Å². The average molecular weight is 315 g/mol. The molecule has 0 saturated carbocycles. The van der Waals surface area contributed by atoms with Crippen molar-refractivity contribution in [2.24, 2.45) is 0 Å². The Kier molecular flexibility index (Phi) is 6.80. The van der Waals surface area contributed by atoms with Gasteiger partial charge in [-0.05, 0) is 18.6 Å². The summed E-state index contributed by atoms with van der Waals surface area (Å²) in [4.78, 5) is 12.3. The number of rotatable bonds is 8. The van der Waals surface area contributed by atoms with E-state index in [1.807, 2.05) is 0 Å². The quantitative estimate of drug-likeness (QED) is 0.733. The normalized spacial score (nSPS) is 12.9. The van der Waals surface area contributed by atoms with Gasteiger partial charge in [0.05, 0.1) is 28.9 Å². The summed E-state index contributed by atoms with van der Waals surface area (Å²) in [5.74, 6) is -0.562. The molecule has 6 nitrogen and oxygen atoms in total. The molecular formula is C14H21NO5S. The monoisotopic (exact) mass is 315 g/mol. The summed E-state index contributed by atoms with van der Waals surface area (Å²) < 4.78 is 29.0. The third kappa shape index (κ3) is 4.80. The highest BCUT2D eigenvalue weighted by Crippen LogP contribution is 2.17. The summed E-state index contributed by atoms with van der Waals surface area (Å²) in [5.41, 5.74) is 0.110. The molecule has 118 valence electrons. The lowest BCUT2D eigenvalue weighted by molar-refractivity contribution is 0.0875. The maximum absolute atomic E-state index is 12.3. The molecule has 0 spiro atoms. The Hall–Kier alpha value is -1.44. The second-order valence-electron chi connectivity index (χ2n) is 4.54. The number of sulfone groups is 1. The van der Waals surface area contributed by atoms with Crippen LogP contribution in [0.1, 0.15) is 23.7 Å². The topological polar surface area (TPSA) is 92.7 Å². The van der Waals surface area contributed by atoms with Crippen molar-refractivity contribution in [3.8, 4) is 0 Å². The van der Waals surface area contributed by atoms with E-state index in [1.165, 1.54) is 26.2 Å². The number of carbonyl (C=O) groups excluding carboxylic acids is 1. The molecule has 0 saturated heterocycles. The predicted molar refractivity (Wildman–Crippen MR) is 79.0 cm³/mol. The van der Waals surface area contributed by atoms with E-state index in [-0.39, 0.29) is 35.5 Å². The average Bonchev–Trinajstić information content (AvgIpc) is 2.47. The zero-order valence-electron chi connectivity index (χ0n) is 12.2. The molecule has 1 unspecified atom stereocenters. The predicted octanol–water partition coefficient (Wildman–Crippen LogP) is 0.607. The molecule has 0 bridgehead atoms. The first-order valence-electron chi connectivity index (χ1n) is 6.68. The van der Waals surface area contributed by atoms with E-state index in [2.05, 4.69) is 5.32 Å². The number of hydrogen-bond acceptors (Lipinski definition) is 5. The van der Waals surface area contributed by atoms with Gasteiger partial charge in [0.15, 0.2) is 9.84 Å². The number of hydrogen-bond donors (Lipinski definition) is 2. The van der Waals surface area contributed by atoms with Crippen molar-refractivity contribution in [1.29, 1.82) is 0 Å². The lowest BCUT2D eigenvalue weighted by atomic mass is 10.1. The first kappa shape index (κ1) is 17.6. The zero-order chi connectivity index (χ0) is 15.9. The summed E-state index contributed by atoms with van der Waals surface area (Å²) >= 11 is 0. The van der Waals surface area contributed by atoms with Crippen LogP contribution in [0.3, 0.4) is 0 Å². The molecule has 1 atom stereocenters. The second kappa shape index (κ2) is 8.11. The molecule has 0 aliphatic heterocycles. The van der Waals surface area contributed by atoms with Crippen LogP contribution in [0.2, 0.25) is 0 Å². The first-order valence-corrected chi connectivity index (χ1v) is 8.34. The summed E-state index contributed by atoms with van der Waals surface area (Å²) in [6.45, 7) is 1.68. The first-order chi connectivity index (χ1) is 9.96. The summed E-state index contributed by atoms with van der Waals surface area (Å²) in [6.07, 6.45) is 0.336. The Morgan fingerprint density at radius 3 is 2.62 bits per heavy atom. The largest absolute Gasteiger partial charge is 0.396 e. The zero-order valence-corrected chi connectivity index (χ0v) is 13.0. The van der Waals surface area contributed by atoms with Crippen molar-refractivity contribution >= 4 is 15.7 Å². The van der Waals surface area contributed by atoms with Crippen LogP contribution in [0.4, 0.5) is 0 Å². The van der Waals surface area contributed by atoms with E-state index in [1.54, 1.807) is 12.1 Å². The highest BCUT2D eigenvalue weighted by molar-refractivity contribution is 7.91. The van der Waals surface area contributed by atoms with Crippen LogP contribution >= 0.6 is 0 Å². The number of benzene rings is 1. The number of nitrogens with one attached hydrogen (secondary N) is 1. The van der Waals surface area contributed by atoms with Gasteiger partial charge in [-0.2, -0.15) is 0 Å². The maximum atomic E-state index is 12.3. The van der Waals surface area contributed by atoms with Crippen LogP contribution in [0, 0.1) is 0 Å². The second-order valence-corrected chi connectivity index (χ2v) is 6.78. The summed E-state index contributed by atoms with van der Waals surface area (Å²) in [6, 6.07) is 5.72. The van der Waals surface area contributed by atoms with Crippen molar-refractivity contribution in [2.75, 3.05) is 26.1 Å². The Bertz CT molecular complexity index is 564. The molecule has 7 heteroatoms. The number of methoxy groups -OCH3 is 1. The lowest BCUT2D eigenvalue weighted by Gasteiger charge is -2.18. The highest BCUT2D eigenvalue weighted by Gasteiger charge is 2.22. The lowest BCUT2D eigenvalue weighted by Crippen LogP contribution is -2.39. The van der Waals surface area contributed by atoms with Crippen LogP contribution in [0.15, 0.2) is 29.2 Å². The summed E-state index contributed by atoms with van der Waals surface area (Å²) in [7, 11) is -1.98. The van der Waals surface area contributed by atoms with Gasteiger partial charge in [-0.3, -0.25) is 4.79 Å². The Balaban J connectivity index is 3.02. The number of ether oxygens (including phenoxy) is 1. The third-order valence-electron chi connectivity index (χ3n) is 3.03. The molecule has 0 radical (unpaired) electrons. The van der Waals surface area contributed by atoms with Gasteiger partial charge >= 0.3 is 0 Å². The Labute approximate surface area is 125 Å². The minimum absolute atomic E-state index is 0.0187. The third-order valence-corrected chi connectivity index (χ3v) is 4.81. The van der Waals surface area contributed by atoms with Crippen LogP contribution in [-0.4, -0.2) is 51.5 Å². The molecule has 0 fully saturated rings. The van der Waals surface area contributed by atoms with Gasteiger partial charge in [-0.25, -0.2) is 8.42 Å². The number of aliphatic hydroxyl groups excluding tert-OH is 1. The Morgan fingerprint density at radius 2 is 2.05 bits per heavy atom. The molecule has 0 aliphatic rings. The molecule has 1 rings (SSSR count). The van der Waals surface area contributed by atoms with Gasteiger partial charge in [0, 0.05) is 13.7 Å². The van der Waals surface area contributed by atoms with Crippen LogP contribution in [-0.2, 0) is 14.6 Å². The van der Waals surface area contributed by atoms with Gasteiger partial charge in [0.1, 0.15) is 0 Å². The van der Waals surface area contributed by atoms with Crippen molar-refractivity contribution in [3.05, 3.63) is 29.8 Å². The SMILES string of the molecule is CCS(=O)(=O)c1ccccc1C(=O)NC(CCO)COC. The van der Waals surface area contributed by atoms with E-state index >= 15 is 0 Å². The smallest absolute Gasteiger partial charge is 0.252 e. The fraction of sp³-hybridized carbons (Fsp3) is 0.500. The van der Waals surface area contributed by atoms with Crippen LogP contribution in [0.25, 0.3) is 0 Å². The van der Waals surface area contributed by atoms with Gasteiger partial charge in [-0.1, -0.05) is 19.1 Å². The number of amides is 1. The molecule has 0 heterocycles. The molecular weight excluding hydrogens is 294 g/mol. The van der Waals surface area contributed by atoms with Gasteiger partial charge < -0.3 is 15.2 Å². The highest BCUT2D eigenvalue weighted by atomic mass is 32.2. The standard InChI is InChI=1S/C14H21NO5S/c1-3-21(18,19)13-7-5-4-6-12(13)14(17)15-11(8-9-16)10-20-2/h4-7,11,16H,3,8-10H2,1-2H3,(H,15,17). The van der Waals surface area contributed by atoms with E-state index in [4.69, 9.17) is 9.84 Å². The fourth-order valence-corrected chi connectivity index (χ4v) is 2.99. The van der Waals surface area contributed by atoms with Crippen molar-refractivity contribution in [1.82, 2.24) is 5.32 Å². The molecule has 1 amide bonds. The fourth-order valence-electron chi connectivity index (χ4n) is 1.90. The van der Waals surface area contributed by atoms with E-state index < -0.39 is 15.7 Å². The minimum atomic E-state index is -3.48. The minimum Gasteiger partial charge on any atom is -0.396 e. The van der Waals surface area contributed by atoms with E-state index in [9.17, 15) is 13.2 Å². The Morgan fingerprint density at radius 1 is 1.38 bits per heavy atom. The van der Waals surface area contributed by atoms with Gasteiger partial charge in [0.2, 0.25) is 0 Å².